The van der Waals surface area contributed by atoms with Crippen molar-refractivity contribution >= 4 is 0 Å². The van der Waals surface area contributed by atoms with E-state index in [2.05, 4.69) is 18.7 Å². The summed E-state index contributed by atoms with van der Waals surface area (Å²) in [5, 5.41) is 10.2. The highest BCUT2D eigenvalue weighted by Gasteiger charge is 2.23. The molecule has 1 N–H and O–H groups in total. The molecular formula is C18H27NO4. The van der Waals surface area contributed by atoms with Gasteiger partial charge in [-0.1, -0.05) is 19.9 Å². The summed E-state index contributed by atoms with van der Waals surface area (Å²) in [5.41, 5.74) is 1.03. The first-order chi connectivity index (χ1) is 11.1. The van der Waals surface area contributed by atoms with Gasteiger partial charge in [0.15, 0.2) is 11.5 Å². The summed E-state index contributed by atoms with van der Waals surface area (Å²) < 4.78 is 16.3. The SMILES string of the molecule is CC1CC(C)CN(CC(O)COCc2ccc3c(c2)OCO3)C1. The molecule has 0 amide bonds. The molecule has 5 heteroatoms. The number of nitrogens with zero attached hydrogens (tertiary/aromatic N) is 1. The van der Waals surface area contributed by atoms with Crippen molar-refractivity contribution in [3.8, 4) is 11.5 Å². The number of fused-ring (bicyclic) bond motifs is 1. The van der Waals surface area contributed by atoms with Gasteiger partial charge < -0.3 is 24.2 Å². The molecular weight excluding hydrogens is 294 g/mol. The molecule has 1 aromatic rings. The summed E-state index contributed by atoms with van der Waals surface area (Å²) in [7, 11) is 0. The molecule has 3 unspecified atom stereocenters. The fourth-order valence-corrected chi connectivity index (χ4v) is 3.64. The van der Waals surface area contributed by atoms with Crippen LogP contribution in [0.25, 0.3) is 0 Å². The lowest BCUT2D eigenvalue weighted by atomic mass is 9.92. The van der Waals surface area contributed by atoms with Crippen molar-refractivity contribution in [1.29, 1.82) is 0 Å². The van der Waals surface area contributed by atoms with E-state index in [1.165, 1.54) is 6.42 Å². The van der Waals surface area contributed by atoms with E-state index in [0.29, 0.717) is 31.6 Å². The van der Waals surface area contributed by atoms with Gasteiger partial charge in [0.25, 0.3) is 0 Å². The fraction of sp³-hybridized carbons (Fsp3) is 0.667. The number of benzene rings is 1. The van der Waals surface area contributed by atoms with Crippen molar-refractivity contribution in [2.75, 3.05) is 33.0 Å². The Morgan fingerprint density at radius 1 is 1.22 bits per heavy atom. The van der Waals surface area contributed by atoms with Crippen LogP contribution < -0.4 is 9.47 Å². The molecule has 2 aliphatic rings. The van der Waals surface area contributed by atoms with Gasteiger partial charge >= 0.3 is 0 Å². The minimum Gasteiger partial charge on any atom is -0.454 e. The Balaban J connectivity index is 1.40. The molecule has 0 aliphatic carbocycles. The van der Waals surface area contributed by atoms with Crippen molar-refractivity contribution in [3.05, 3.63) is 23.8 Å². The van der Waals surface area contributed by atoms with Crippen LogP contribution in [0.5, 0.6) is 11.5 Å². The number of piperidine rings is 1. The fourth-order valence-electron chi connectivity index (χ4n) is 3.64. The van der Waals surface area contributed by atoms with Gasteiger partial charge in [-0.25, -0.2) is 0 Å². The predicted molar refractivity (Wildman–Crippen MR) is 87.6 cm³/mol. The highest BCUT2D eigenvalue weighted by molar-refractivity contribution is 5.44. The van der Waals surface area contributed by atoms with Crippen molar-refractivity contribution in [1.82, 2.24) is 4.90 Å². The molecule has 0 aromatic heterocycles. The van der Waals surface area contributed by atoms with Gasteiger partial charge in [-0.3, -0.25) is 0 Å². The van der Waals surface area contributed by atoms with Crippen LogP contribution in [0, 0.1) is 11.8 Å². The molecule has 23 heavy (non-hydrogen) atoms. The van der Waals surface area contributed by atoms with Gasteiger partial charge in [0, 0.05) is 19.6 Å². The predicted octanol–water partition coefficient (Wildman–Crippen LogP) is 2.27. The summed E-state index contributed by atoms with van der Waals surface area (Å²) >= 11 is 0. The zero-order valence-corrected chi connectivity index (χ0v) is 14.0. The Kier molecular flexibility index (Phi) is 5.41. The maximum Gasteiger partial charge on any atom is 0.231 e. The number of aliphatic hydroxyl groups is 1. The Labute approximate surface area is 138 Å². The highest BCUT2D eigenvalue weighted by atomic mass is 16.7. The lowest BCUT2D eigenvalue weighted by Crippen LogP contribution is -2.43. The summed E-state index contributed by atoms with van der Waals surface area (Å²) in [6.45, 7) is 8.51. The zero-order valence-electron chi connectivity index (χ0n) is 14.0. The van der Waals surface area contributed by atoms with Crippen LogP contribution >= 0.6 is 0 Å². The molecule has 2 heterocycles. The lowest BCUT2D eigenvalue weighted by Gasteiger charge is -2.35. The van der Waals surface area contributed by atoms with E-state index in [-0.39, 0.29) is 6.79 Å². The average molecular weight is 321 g/mol. The minimum absolute atomic E-state index is 0.283. The van der Waals surface area contributed by atoms with Crippen LogP contribution in [0.4, 0.5) is 0 Å². The second kappa shape index (κ2) is 7.51. The normalized spacial score (nSPS) is 25.5. The number of aliphatic hydroxyl groups excluding tert-OH is 1. The molecule has 5 nitrogen and oxygen atoms in total. The first-order valence-electron chi connectivity index (χ1n) is 8.47. The van der Waals surface area contributed by atoms with E-state index >= 15 is 0 Å². The van der Waals surface area contributed by atoms with Crippen molar-refractivity contribution in [2.24, 2.45) is 11.8 Å². The third kappa shape index (κ3) is 4.59. The van der Waals surface area contributed by atoms with E-state index in [9.17, 15) is 5.11 Å². The lowest BCUT2D eigenvalue weighted by molar-refractivity contribution is -0.000915. The summed E-state index contributed by atoms with van der Waals surface area (Å²) in [6, 6.07) is 5.80. The maximum atomic E-state index is 10.2. The number of hydrogen-bond donors (Lipinski definition) is 1. The molecule has 0 bridgehead atoms. The summed E-state index contributed by atoms with van der Waals surface area (Å²) in [6.07, 6.45) is 0.842. The second-order valence-corrected chi connectivity index (χ2v) is 7.02. The molecule has 3 rings (SSSR count). The summed E-state index contributed by atoms with van der Waals surface area (Å²) in [4.78, 5) is 2.35. The van der Waals surface area contributed by atoms with Gasteiger partial charge in [-0.05, 0) is 36.0 Å². The minimum atomic E-state index is -0.443. The number of rotatable bonds is 6. The van der Waals surface area contributed by atoms with Gasteiger partial charge in [0.05, 0.1) is 19.3 Å². The van der Waals surface area contributed by atoms with Crippen LogP contribution in [0.3, 0.4) is 0 Å². The van der Waals surface area contributed by atoms with E-state index in [1.54, 1.807) is 0 Å². The molecule has 128 valence electrons. The Hall–Kier alpha value is -1.30. The van der Waals surface area contributed by atoms with Crippen LogP contribution in [0.15, 0.2) is 18.2 Å². The van der Waals surface area contributed by atoms with Gasteiger partial charge in [0.1, 0.15) is 0 Å². The molecule has 1 saturated heterocycles. The van der Waals surface area contributed by atoms with Crippen LogP contribution in [0.2, 0.25) is 0 Å². The molecule has 0 radical (unpaired) electrons. The smallest absolute Gasteiger partial charge is 0.231 e. The van der Waals surface area contributed by atoms with Crippen molar-refractivity contribution < 1.29 is 19.3 Å². The Bertz CT molecular complexity index is 512. The quantitative estimate of drug-likeness (QED) is 0.871. The highest BCUT2D eigenvalue weighted by Crippen LogP contribution is 2.32. The van der Waals surface area contributed by atoms with E-state index in [4.69, 9.17) is 14.2 Å². The largest absolute Gasteiger partial charge is 0.454 e. The molecule has 3 atom stereocenters. The number of β-amino-alcohol motifs (C(OH)–C–C–N with tert-alkyl or cyclic N) is 1. The maximum absolute atomic E-state index is 10.2. The van der Waals surface area contributed by atoms with Crippen molar-refractivity contribution in [2.45, 2.75) is 33.0 Å². The Morgan fingerprint density at radius 3 is 2.74 bits per heavy atom. The van der Waals surface area contributed by atoms with Gasteiger partial charge in [-0.2, -0.15) is 0 Å². The standard InChI is InChI=1S/C18H27NO4/c1-13-5-14(2)8-19(7-13)9-16(20)11-21-10-15-3-4-17-18(6-15)23-12-22-17/h3-4,6,13-14,16,20H,5,7-12H2,1-2H3. The number of ether oxygens (including phenoxy) is 3. The average Bonchev–Trinajstić information content (AvgIpc) is 2.93. The van der Waals surface area contributed by atoms with E-state index in [0.717, 1.165) is 30.2 Å². The van der Waals surface area contributed by atoms with Crippen molar-refractivity contribution in [3.63, 3.8) is 0 Å². The third-order valence-electron chi connectivity index (χ3n) is 4.43. The molecule has 0 saturated carbocycles. The van der Waals surface area contributed by atoms with E-state index in [1.807, 2.05) is 18.2 Å². The molecule has 1 fully saturated rings. The van der Waals surface area contributed by atoms with E-state index < -0.39 is 6.10 Å². The molecule has 0 spiro atoms. The van der Waals surface area contributed by atoms with Crippen LogP contribution in [-0.2, 0) is 11.3 Å². The first-order valence-corrected chi connectivity index (χ1v) is 8.47. The molecule has 2 aliphatic heterocycles. The van der Waals surface area contributed by atoms with Crippen LogP contribution in [0.1, 0.15) is 25.8 Å². The summed E-state index contributed by atoms with van der Waals surface area (Å²) in [5.74, 6) is 2.96. The van der Waals surface area contributed by atoms with Gasteiger partial charge in [-0.15, -0.1) is 0 Å². The zero-order chi connectivity index (χ0) is 16.2. The second-order valence-electron chi connectivity index (χ2n) is 7.02. The first kappa shape index (κ1) is 16.6. The van der Waals surface area contributed by atoms with Crippen LogP contribution in [-0.4, -0.2) is 49.1 Å². The number of likely N-dealkylation sites (tertiary alicyclic amines) is 1. The monoisotopic (exact) mass is 321 g/mol. The third-order valence-corrected chi connectivity index (χ3v) is 4.43. The molecule has 1 aromatic carbocycles. The topological polar surface area (TPSA) is 51.2 Å². The Morgan fingerprint density at radius 2 is 1.96 bits per heavy atom. The van der Waals surface area contributed by atoms with Gasteiger partial charge in [0.2, 0.25) is 6.79 Å². The number of hydrogen-bond acceptors (Lipinski definition) is 5.